The van der Waals surface area contributed by atoms with Gasteiger partial charge in [-0.05, 0) is 5.56 Å². The number of benzene rings is 1. The first-order valence-corrected chi connectivity index (χ1v) is 6.02. The normalized spacial score (nSPS) is 16.2. The molecule has 0 fully saturated rings. The van der Waals surface area contributed by atoms with Crippen molar-refractivity contribution >= 4 is 5.84 Å². The zero-order chi connectivity index (χ0) is 12.5. The van der Waals surface area contributed by atoms with Crippen molar-refractivity contribution in [2.24, 2.45) is 4.99 Å². The van der Waals surface area contributed by atoms with E-state index in [9.17, 15) is 5.11 Å². The molecule has 0 aliphatic carbocycles. The number of rotatable bonds is 3. The smallest absolute Gasteiger partial charge is 0.131 e. The maximum absolute atomic E-state index is 9.53. The van der Waals surface area contributed by atoms with Crippen LogP contribution in [-0.4, -0.2) is 42.6 Å². The molecule has 0 saturated heterocycles. The van der Waals surface area contributed by atoms with Gasteiger partial charge in [-0.3, -0.25) is 4.99 Å². The summed E-state index contributed by atoms with van der Waals surface area (Å²) in [4.78, 5) is 6.73. The molecule has 0 saturated carbocycles. The van der Waals surface area contributed by atoms with E-state index in [2.05, 4.69) is 42.9 Å². The lowest BCUT2D eigenvalue weighted by Gasteiger charge is -2.27. The van der Waals surface area contributed by atoms with Crippen LogP contribution < -0.4 is 0 Å². The maximum atomic E-state index is 9.53. The van der Waals surface area contributed by atoms with Crippen LogP contribution in [0, 0.1) is 0 Å². The third kappa shape index (κ3) is 2.20. The highest BCUT2D eigenvalue weighted by Crippen LogP contribution is 2.27. The lowest BCUT2D eigenvalue weighted by atomic mass is 9.82. The Hall–Kier alpha value is -1.35. The van der Waals surface area contributed by atoms with Gasteiger partial charge >= 0.3 is 0 Å². The van der Waals surface area contributed by atoms with E-state index in [0.717, 1.165) is 30.1 Å². The third-order valence-electron chi connectivity index (χ3n) is 3.35. The Morgan fingerprint density at radius 2 is 2.06 bits per heavy atom. The van der Waals surface area contributed by atoms with Crippen LogP contribution >= 0.6 is 0 Å². The first kappa shape index (κ1) is 12.1. The van der Waals surface area contributed by atoms with E-state index in [1.165, 1.54) is 0 Å². The minimum absolute atomic E-state index is 0.140. The summed E-state index contributed by atoms with van der Waals surface area (Å²) >= 11 is 0. The zero-order valence-corrected chi connectivity index (χ0v) is 10.8. The fourth-order valence-corrected chi connectivity index (χ4v) is 2.18. The molecular formula is C14H20N2O. The second-order valence-electron chi connectivity index (χ2n) is 5.21. The maximum Gasteiger partial charge on any atom is 0.131 e. The highest BCUT2D eigenvalue weighted by atomic mass is 16.3. The molecule has 1 N–H and O–H groups in total. The Morgan fingerprint density at radius 1 is 1.35 bits per heavy atom. The van der Waals surface area contributed by atoms with Crippen LogP contribution in [-0.2, 0) is 5.41 Å². The van der Waals surface area contributed by atoms with Gasteiger partial charge in [0.25, 0.3) is 0 Å². The van der Waals surface area contributed by atoms with Gasteiger partial charge in [0, 0.05) is 24.6 Å². The van der Waals surface area contributed by atoms with E-state index in [0.29, 0.717) is 0 Å². The van der Waals surface area contributed by atoms with Gasteiger partial charge in [0.05, 0.1) is 13.2 Å². The Balaban J connectivity index is 2.48. The van der Waals surface area contributed by atoms with Gasteiger partial charge in [-0.2, -0.15) is 0 Å². The third-order valence-corrected chi connectivity index (χ3v) is 3.35. The zero-order valence-electron chi connectivity index (χ0n) is 10.8. The molecule has 0 aromatic heterocycles. The average Bonchev–Trinajstić information content (AvgIpc) is 2.75. The molecule has 1 aliphatic rings. The highest BCUT2D eigenvalue weighted by molar-refractivity contribution is 6.01. The molecular weight excluding hydrogens is 212 g/mol. The minimum Gasteiger partial charge on any atom is -0.395 e. The van der Waals surface area contributed by atoms with E-state index < -0.39 is 0 Å². The molecule has 0 radical (unpaired) electrons. The Bertz CT molecular complexity index is 438. The quantitative estimate of drug-likeness (QED) is 0.860. The first-order valence-electron chi connectivity index (χ1n) is 6.02. The molecule has 0 bridgehead atoms. The molecule has 3 nitrogen and oxygen atoms in total. The van der Waals surface area contributed by atoms with Crippen molar-refractivity contribution < 1.29 is 5.11 Å². The van der Waals surface area contributed by atoms with E-state index in [-0.39, 0.29) is 12.0 Å². The van der Waals surface area contributed by atoms with Crippen LogP contribution in [0.1, 0.15) is 25.0 Å². The lowest BCUT2D eigenvalue weighted by molar-refractivity contribution is 0.218. The average molecular weight is 232 g/mol. The molecule has 1 aliphatic heterocycles. The van der Waals surface area contributed by atoms with E-state index in [1.54, 1.807) is 0 Å². The van der Waals surface area contributed by atoms with Crippen molar-refractivity contribution in [2.75, 3.05) is 26.7 Å². The van der Waals surface area contributed by atoms with Crippen molar-refractivity contribution in [1.29, 1.82) is 0 Å². The second-order valence-corrected chi connectivity index (χ2v) is 5.21. The standard InChI is InChI=1S/C14H20N2O/c1-14(2,10-17)12-7-5-4-6-11(12)13-15-8-9-16(13)3/h4-7,17H,8-10H2,1-3H3. The van der Waals surface area contributed by atoms with Crippen LogP contribution in [0.4, 0.5) is 0 Å². The van der Waals surface area contributed by atoms with Crippen LogP contribution in [0.2, 0.25) is 0 Å². The molecule has 17 heavy (non-hydrogen) atoms. The number of hydrogen-bond acceptors (Lipinski definition) is 3. The number of aliphatic imine (C=N–C) groups is 1. The van der Waals surface area contributed by atoms with Gasteiger partial charge in [0.1, 0.15) is 5.84 Å². The number of hydrogen-bond donors (Lipinski definition) is 1. The Kier molecular flexibility index (Phi) is 3.20. The molecule has 1 aromatic rings. The molecule has 0 amide bonds. The van der Waals surface area contributed by atoms with Gasteiger partial charge < -0.3 is 10.0 Å². The van der Waals surface area contributed by atoms with Gasteiger partial charge in [-0.25, -0.2) is 0 Å². The van der Waals surface area contributed by atoms with Gasteiger partial charge in [-0.1, -0.05) is 38.1 Å². The number of aliphatic hydroxyl groups excluding tert-OH is 1. The predicted molar refractivity (Wildman–Crippen MR) is 70.6 cm³/mol. The van der Waals surface area contributed by atoms with E-state index >= 15 is 0 Å². The summed E-state index contributed by atoms with van der Waals surface area (Å²) in [6.45, 7) is 6.09. The summed E-state index contributed by atoms with van der Waals surface area (Å²) in [5, 5.41) is 9.53. The van der Waals surface area contributed by atoms with Gasteiger partial charge in [0.2, 0.25) is 0 Å². The van der Waals surface area contributed by atoms with Crippen molar-refractivity contribution in [3.8, 4) is 0 Å². The number of amidine groups is 1. The van der Waals surface area contributed by atoms with Crippen molar-refractivity contribution in [1.82, 2.24) is 4.90 Å². The van der Waals surface area contributed by atoms with Crippen molar-refractivity contribution in [3.63, 3.8) is 0 Å². The molecule has 0 spiro atoms. The van der Waals surface area contributed by atoms with Crippen LogP contribution in [0.5, 0.6) is 0 Å². The summed E-state index contributed by atoms with van der Waals surface area (Å²) in [7, 11) is 2.06. The topological polar surface area (TPSA) is 35.8 Å². The summed E-state index contributed by atoms with van der Waals surface area (Å²) in [6.07, 6.45) is 0. The molecule has 92 valence electrons. The Labute approximate surface area is 103 Å². The van der Waals surface area contributed by atoms with Crippen LogP contribution in [0.3, 0.4) is 0 Å². The fraction of sp³-hybridized carbons (Fsp3) is 0.500. The lowest BCUT2D eigenvalue weighted by Crippen LogP contribution is -2.29. The van der Waals surface area contributed by atoms with Crippen LogP contribution in [0.15, 0.2) is 29.3 Å². The first-order chi connectivity index (χ1) is 8.06. The minimum atomic E-state index is -0.234. The summed E-state index contributed by atoms with van der Waals surface area (Å²) in [6, 6.07) is 8.22. The molecule has 1 heterocycles. The van der Waals surface area contributed by atoms with Gasteiger partial charge in [-0.15, -0.1) is 0 Å². The van der Waals surface area contributed by atoms with Crippen molar-refractivity contribution in [2.45, 2.75) is 19.3 Å². The summed E-state index contributed by atoms with van der Waals surface area (Å²) in [5.41, 5.74) is 2.07. The number of likely N-dealkylation sites (N-methyl/N-ethyl adjacent to an activating group) is 1. The summed E-state index contributed by atoms with van der Waals surface area (Å²) in [5.74, 6) is 1.04. The molecule has 2 rings (SSSR count). The second kappa shape index (κ2) is 4.49. The Morgan fingerprint density at radius 3 is 2.65 bits per heavy atom. The SMILES string of the molecule is CN1CCN=C1c1ccccc1C(C)(C)CO. The molecule has 0 atom stereocenters. The van der Waals surface area contributed by atoms with Crippen LogP contribution in [0.25, 0.3) is 0 Å². The monoisotopic (exact) mass is 232 g/mol. The van der Waals surface area contributed by atoms with Crippen molar-refractivity contribution in [3.05, 3.63) is 35.4 Å². The summed E-state index contributed by atoms with van der Waals surface area (Å²) < 4.78 is 0. The largest absolute Gasteiger partial charge is 0.395 e. The number of aliphatic hydroxyl groups is 1. The van der Waals surface area contributed by atoms with Gasteiger partial charge in [0.15, 0.2) is 0 Å². The predicted octanol–water partition coefficient (Wildman–Crippen LogP) is 1.65. The van der Waals surface area contributed by atoms with E-state index in [1.807, 2.05) is 12.1 Å². The fourth-order valence-electron chi connectivity index (χ4n) is 2.18. The molecule has 1 aromatic carbocycles. The highest BCUT2D eigenvalue weighted by Gasteiger charge is 2.26. The molecule has 0 unspecified atom stereocenters. The number of nitrogens with zero attached hydrogens (tertiary/aromatic N) is 2. The molecule has 3 heteroatoms. The van der Waals surface area contributed by atoms with E-state index in [4.69, 9.17) is 0 Å².